The quantitative estimate of drug-likeness (QED) is 0.825. The number of hydrogen-bond donors (Lipinski definition) is 2. The zero-order valence-corrected chi connectivity index (χ0v) is 9.85. The van der Waals surface area contributed by atoms with Crippen LogP contribution < -0.4 is 10.6 Å². The molecule has 84 valence electrons. The lowest BCUT2D eigenvalue weighted by Crippen LogP contribution is -2.29. The third-order valence-corrected chi connectivity index (χ3v) is 3.38. The van der Waals surface area contributed by atoms with E-state index in [9.17, 15) is 9.59 Å². The first kappa shape index (κ1) is 11.0. The number of rotatable bonds is 2. The molecule has 1 aromatic rings. The van der Waals surface area contributed by atoms with Gasteiger partial charge in [-0.15, -0.1) is 0 Å². The van der Waals surface area contributed by atoms with Crippen molar-refractivity contribution in [1.29, 1.82) is 0 Å². The number of nitrogens with one attached hydrogen (secondary N) is 2. The lowest BCUT2D eigenvalue weighted by molar-refractivity contribution is -0.118. The number of thioether (sulfide) groups is 1. The molecule has 0 saturated carbocycles. The average molecular weight is 236 g/mol. The number of carbonyl (C=O) groups is 2. The Morgan fingerprint density at radius 3 is 2.56 bits per heavy atom. The molecule has 1 aliphatic heterocycles. The van der Waals surface area contributed by atoms with Crippen molar-refractivity contribution < 1.29 is 9.59 Å². The summed E-state index contributed by atoms with van der Waals surface area (Å²) in [6.45, 7) is 4.03. The number of aryl methyl sites for hydroxylation is 2. The molecule has 0 unspecified atom stereocenters. The Hall–Kier alpha value is -1.49. The average Bonchev–Trinajstić information content (AvgIpc) is 2.51. The van der Waals surface area contributed by atoms with Crippen LogP contribution >= 0.6 is 11.8 Å². The summed E-state index contributed by atoms with van der Waals surface area (Å²) in [5.41, 5.74) is 3.20. The van der Waals surface area contributed by atoms with Gasteiger partial charge in [-0.1, -0.05) is 6.07 Å². The molecular weight excluding hydrogens is 224 g/mol. The first-order valence-corrected chi connectivity index (χ1v) is 5.79. The van der Waals surface area contributed by atoms with Gasteiger partial charge in [-0.25, -0.2) is 0 Å². The van der Waals surface area contributed by atoms with Crippen molar-refractivity contribution in [2.24, 2.45) is 0 Å². The number of hydrogen-bond acceptors (Lipinski definition) is 4. The lowest BCUT2D eigenvalue weighted by Gasteiger charge is -2.11. The number of anilines is 1. The van der Waals surface area contributed by atoms with Gasteiger partial charge >= 0.3 is 0 Å². The summed E-state index contributed by atoms with van der Waals surface area (Å²) < 4.78 is 0. The van der Waals surface area contributed by atoms with Gasteiger partial charge in [0, 0.05) is 5.69 Å². The zero-order chi connectivity index (χ0) is 11.7. The summed E-state index contributed by atoms with van der Waals surface area (Å²) in [6.07, 6.45) is 0. The van der Waals surface area contributed by atoms with Crippen LogP contribution in [0.1, 0.15) is 11.1 Å². The highest BCUT2D eigenvalue weighted by molar-refractivity contribution is 8.15. The fraction of sp³-hybridized carbons (Fsp3) is 0.273. The SMILES string of the molecule is Cc1ccc(N[C@@H]2SC(=O)NC2=O)cc1C. The molecule has 1 heterocycles. The molecule has 2 amide bonds. The Labute approximate surface area is 97.8 Å². The van der Waals surface area contributed by atoms with Gasteiger partial charge in [0.25, 0.3) is 11.1 Å². The highest BCUT2D eigenvalue weighted by Crippen LogP contribution is 2.22. The Balaban J connectivity index is 2.12. The number of imide groups is 1. The fourth-order valence-corrected chi connectivity index (χ4v) is 2.17. The maximum Gasteiger partial charge on any atom is 0.288 e. The van der Waals surface area contributed by atoms with E-state index >= 15 is 0 Å². The van der Waals surface area contributed by atoms with Crippen LogP contribution in [0.15, 0.2) is 18.2 Å². The van der Waals surface area contributed by atoms with E-state index in [-0.39, 0.29) is 11.1 Å². The Bertz CT molecular complexity index is 459. The zero-order valence-electron chi connectivity index (χ0n) is 9.03. The van der Waals surface area contributed by atoms with E-state index < -0.39 is 5.37 Å². The molecule has 4 nitrogen and oxygen atoms in total. The standard InChI is InChI=1S/C11H12N2O2S/c1-6-3-4-8(5-7(6)2)12-10-9(14)13-11(15)16-10/h3-5,10,12H,1-2H3,(H,13,14,15)/t10-/m1/s1. The minimum Gasteiger partial charge on any atom is -0.365 e. The third-order valence-electron chi connectivity index (χ3n) is 2.49. The number of benzene rings is 1. The van der Waals surface area contributed by atoms with Gasteiger partial charge < -0.3 is 5.32 Å². The second kappa shape index (κ2) is 4.17. The molecule has 2 N–H and O–H groups in total. The maximum absolute atomic E-state index is 11.3. The van der Waals surface area contributed by atoms with Gasteiger partial charge in [-0.2, -0.15) is 0 Å². The number of amides is 2. The molecule has 0 aliphatic carbocycles. The minimum atomic E-state index is -0.519. The van der Waals surface area contributed by atoms with Crippen LogP contribution in [0.5, 0.6) is 0 Å². The summed E-state index contributed by atoms with van der Waals surface area (Å²) in [5, 5.41) is 4.44. The molecular formula is C11H12N2O2S. The van der Waals surface area contributed by atoms with Crippen molar-refractivity contribution in [3.63, 3.8) is 0 Å². The van der Waals surface area contributed by atoms with Gasteiger partial charge in [0.15, 0.2) is 5.37 Å². The van der Waals surface area contributed by atoms with Gasteiger partial charge in [0.1, 0.15) is 0 Å². The van der Waals surface area contributed by atoms with Crippen molar-refractivity contribution in [1.82, 2.24) is 5.32 Å². The predicted octanol–water partition coefficient (Wildman–Crippen LogP) is 2.02. The highest BCUT2D eigenvalue weighted by atomic mass is 32.2. The van der Waals surface area contributed by atoms with Crippen LogP contribution in [0.4, 0.5) is 10.5 Å². The highest BCUT2D eigenvalue weighted by Gasteiger charge is 2.31. The van der Waals surface area contributed by atoms with Crippen molar-refractivity contribution in [3.05, 3.63) is 29.3 Å². The molecule has 16 heavy (non-hydrogen) atoms. The second-order valence-corrected chi connectivity index (χ2v) is 4.80. The van der Waals surface area contributed by atoms with E-state index in [1.54, 1.807) is 0 Å². The molecule has 1 aromatic carbocycles. The smallest absolute Gasteiger partial charge is 0.288 e. The summed E-state index contributed by atoms with van der Waals surface area (Å²) in [5.74, 6) is -0.284. The fourth-order valence-electron chi connectivity index (χ4n) is 1.43. The van der Waals surface area contributed by atoms with Crippen LogP contribution in [0.25, 0.3) is 0 Å². The van der Waals surface area contributed by atoms with E-state index in [4.69, 9.17) is 0 Å². The monoisotopic (exact) mass is 236 g/mol. The molecule has 0 bridgehead atoms. The van der Waals surface area contributed by atoms with Gasteiger partial charge in [-0.05, 0) is 48.9 Å². The second-order valence-electron chi connectivity index (χ2n) is 3.72. The molecule has 1 fully saturated rings. The van der Waals surface area contributed by atoms with E-state index in [1.165, 1.54) is 5.56 Å². The van der Waals surface area contributed by atoms with E-state index in [2.05, 4.69) is 10.6 Å². The van der Waals surface area contributed by atoms with Crippen molar-refractivity contribution >= 4 is 28.6 Å². The van der Waals surface area contributed by atoms with E-state index in [0.29, 0.717) is 0 Å². The van der Waals surface area contributed by atoms with Crippen molar-refractivity contribution in [2.75, 3.05) is 5.32 Å². The van der Waals surface area contributed by atoms with Gasteiger partial charge in [-0.3, -0.25) is 14.9 Å². The molecule has 1 saturated heterocycles. The maximum atomic E-state index is 11.3. The molecule has 5 heteroatoms. The van der Waals surface area contributed by atoms with E-state index in [1.807, 2.05) is 32.0 Å². The van der Waals surface area contributed by atoms with Crippen LogP contribution in [0, 0.1) is 13.8 Å². The lowest BCUT2D eigenvalue weighted by atomic mass is 10.1. The summed E-state index contributed by atoms with van der Waals surface area (Å²) in [6, 6.07) is 5.85. The largest absolute Gasteiger partial charge is 0.365 e. The summed E-state index contributed by atoms with van der Waals surface area (Å²) in [4.78, 5) is 22.3. The Morgan fingerprint density at radius 1 is 1.25 bits per heavy atom. The molecule has 1 atom stereocenters. The van der Waals surface area contributed by atoms with Gasteiger partial charge in [0.2, 0.25) is 0 Å². The van der Waals surface area contributed by atoms with E-state index in [0.717, 1.165) is 23.0 Å². The van der Waals surface area contributed by atoms with Crippen LogP contribution in [0.2, 0.25) is 0 Å². The minimum absolute atomic E-state index is 0.284. The molecule has 1 aliphatic rings. The van der Waals surface area contributed by atoms with Crippen LogP contribution in [0.3, 0.4) is 0 Å². The van der Waals surface area contributed by atoms with Crippen molar-refractivity contribution in [3.8, 4) is 0 Å². The molecule has 0 spiro atoms. The Kier molecular flexibility index (Phi) is 2.87. The molecule has 0 radical (unpaired) electrons. The van der Waals surface area contributed by atoms with Gasteiger partial charge in [0.05, 0.1) is 0 Å². The van der Waals surface area contributed by atoms with Crippen molar-refractivity contribution in [2.45, 2.75) is 19.2 Å². The third kappa shape index (κ3) is 2.19. The van der Waals surface area contributed by atoms with Crippen LogP contribution in [-0.4, -0.2) is 16.5 Å². The number of carbonyl (C=O) groups excluding carboxylic acids is 2. The summed E-state index contributed by atoms with van der Waals surface area (Å²) >= 11 is 0.968. The molecule has 0 aromatic heterocycles. The Morgan fingerprint density at radius 2 is 2.00 bits per heavy atom. The first-order chi connectivity index (χ1) is 7.56. The predicted molar refractivity (Wildman–Crippen MR) is 64.5 cm³/mol. The summed E-state index contributed by atoms with van der Waals surface area (Å²) in [7, 11) is 0. The topological polar surface area (TPSA) is 58.2 Å². The molecule has 2 rings (SSSR count). The normalized spacial score (nSPS) is 19.8. The van der Waals surface area contributed by atoms with Crippen LogP contribution in [-0.2, 0) is 4.79 Å². The first-order valence-electron chi connectivity index (χ1n) is 4.91.